The van der Waals surface area contributed by atoms with Crippen molar-refractivity contribution in [2.75, 3.05) is 5.32 Å². The monoisotopic (exact) mass is 348 g/mol. The molecule has 0 aromatic carbocycles. The molecular formula is C19H26F2N4. The van der Waals surface area contributed by atoms with Crippen molar-refractivity contribution in [2.24, 2.45) is 0 Å². The lowest BCUT2D eigenvalue weighted by molar-refractivity contribution is 0.341. The third-order valence-electron chi connectivity index (χ3n) is 4.86. The lowest BCUT2D eigenvalue weighted by atomic mass is 10.1. The van der Waals surface area contributed by atoms with E-state index in [1.54, 1.807) is 13.1 Å². The molecule has 0 amide bonds. The molecule has 2 aromatic rings. The topological polar surface area (TPSA) is 42.7 Å². The molecule has 4 nitrogen and oxygen atoms in total. The molecule has 0 bridgehead atoms. The molecule has 136 valence electrons. The highest BCUT2D eigenvalue weighted by atomic mass is 19.1. The minimum absolute atomic E-state index is 0.108. The van der Waals surface area contributed by atoms with Gasteiger partial charge in [-0.3, -0.25) is 9.67 Å². The first kappa shape index (κ1) is 17.8. The highest BCUT2D eigenvalue weighted by Gasteiger charge is 2.27. The van der Waals surface area contributed by atoms with Gasteiger partial charge in [0.15, 0.2) is 5.82 Å². The van der Waals surface area contributed by atoms with Crippen LogP contribution in [0.15, 0.2) is 12.3 Å². The van der Waals surface area contributed by atoms with Gasteiger partial charge >= 0.3 is 0 Å². The smallest absolute Gasteiger partial charge is 0.152 e. The maximum Gasteiger partial charge on any atom is 0.152 e. The van der Waals surface area contributed by atoms with Crippen LogP contribution >= 0.6 is 0 Å². The van der Waals surface area contributed by atoms with Gasteiger partial charge in [-0.1, -0.05) is 6.92 Å². The number of nitrogens with zero attached hydrogens (tertiary/aromatic N) is 3. The number of pyridine rings is 1. The van der Waals surface area contributed by atoms with Crippen molar-refractivity contribution in [3.8, 4) is 11.3 Å². The quantitative estimate of drug-likeness (QED) is 0.841. The van der Waals surface area contributed by atoms with E-state index in [-0.39, 0.29) is 17.9 Å². The summed E-state index contributed by atoms with van der Waals surface area (Å²) in [6.07, 6.45) is 3.66. The van der Waals surface area contributed by atoms with Crippen LogP contribution in [0, 0.1) is 12.7 Å². The van der Waals surface area contributed by atoms with Crippen LogP contribution < -0.4 is 5.32 Å². The molecule has 2 heterocycles. The number of hydrogen-bond acceptors (Lipinski definition) is 3. The molecule has 1 aliphatic rings. The molecule has 6 heteroatoms. The Hall–Kier alpha value is -1.98. The number of rotatable bonds is 5. The van der Waals surface area contributed by atoms with E-state index in [1.165, 1.54) is 6.07 Å². The summed E-state index contributed by atoms with van der Waals surface area (Å²) in [6.45, 7) is 7.80. The molecule has 1 aliphatic carbocycles. The van der Waals surface area contributed by atoms with Crippen LogP contribution in [0.5, 0.6) is 0 Å². The van der Waals surface area contributed by atoms with Crippen LogP contribution in [0.3, 0.4) is 0 Å². The Morgan fingerprint density at radius 3 is 2.68 bits per heavy atom. The highest BCUT2D eigenvalue weighted by molar-refractivity contribution is 5.69. The maximum atomic E-state index is 14.1. The van der Waals surface area contributed by atoms with E-state index in [2.05, 4.69) is 17.2 Å². The molecule has 0 aliphatic heterocycles. The van der Waals surface area contributed by atoms with Crippen molar-refractivity contribution in [1.29, 1.82) is 0 Å². The predicted octanol–water partition coefficient (Wildman–Crippen LogP) is 4.84. The minimum atomic E-state index is -0.732. The van der Waals surface area contributed by atoms with Crippen LogP contribution in [0.25, 0.3) is 11.3 Å². The summed E-state index contributed by atoms with van der Waals surface area (Å²) in [5.74, 6) is 0.466. The van der Waals surface area contributed by atoms with Gasteiger partial charge in [0.2, 0.25) is 0 Å². The number of aromatic nitrogens is 3. The van der Waals surface area contributed by atoms with Crippen LogP contribution in [0.2, 0.25) is 0 Å². The molecular weight excluding hydrogens is 322 g/mol. The second kappa shape index (κ2) is 7.10. The van der Waals surface area contributed by atoms with Crippen LogP contribution in [-0.4, -0.2) is 27.0 Å². The fourth-order valence-corrected chi connectivity index (χ4v) is 3.49. The van der Waals surface area contributed by atoms with E-state index in [0.29, 0.717) is 18.5 Å². The summed E-state index contributed by atoms with van der Waals surface area (Å²) in [6, 6.07) is 1.75. The molecule has 0 saturated heterocycles. The van der Waals surface area contributed by atoms with Crippen LogP contribution in [0.1, 0.15) is 57.3 Å². The fraction of sp³-hybridized carbons (Fsp3) is 0.579. The fourth-order valence-electron chi connectivity index (χ4n) is 3.49. The molecule has 1 N–H and O–H groups in total. The van der Waals surface area contributed by atoms with E-state index in [1.807, 2.05) is 18.5 Å². The first-order chi connectivity index (χ1) is 11.9. The zero-order valence-corrected chi connectivity index (χ0v) is 15.3. The third kappa shape index (κ3) is 3.53. The molecule has 1 fully saturated rings. The van der Waals surface area contributed by atoms with E-state index >= 15 is 0 Å². The van der Waals surface area contributed by atoms with Gasteiger partial charge in [-0.15, -0.1) is 0 Å². The average molecular weight is 348 g/mol. The number of hydrogen-bond donors (Lipinski definition) is 1. The molecule has 1 saturated carbocycles. The molecule has 25 heavy (non-hydrogen) atoms. The first-order valence-corrected chi connectivity index (χ1v) is 9.05. The number of halogens is 2. The van der Waals surface area contributed by atoms with Gasteiger partial charge in [0.25, 0.3) is 0 Å². The van der Waals surface area contributed by atoms with Crippen molar-refractivity contribution < 1.29 is 8.78 Å². The van der Waals surface area contributed by atoms with Gasteiger partial charge in [-0.2, -0.15) is 5.10 Å². The van der Waals surface area contributed by atoms with Crippen LogP contribution in [0.4, 0.5) is 14.6 Å². The average Bonchev–Trinajstić information content (AvgIpc) is 3.13. The lowest BCUT2D eigenvalue weighted by Gasteiger charge is -2.13. The normalized spacial score (nSPS) is 20.4. The molecule has 2 atom stereocenters. The standard InChI is InChI=1S/C19H26F2N4/c1-5-16-18(13-8-17(21)12(4)22-10-13)25(11(2)3)24-19(16)23-15-7-6-14(20)9-15/h8,10-11,14-15H,5-7,9H2,1-4H3,(H,23,24)/t14-,15+/m1/s1. The Labute approximate surface area is 147 Å². The zero-order chi connectivity index (χ0) is 18.1. The Balaban J connectivity index is 2.04. The van der Waals surface area contributed by atoms with Crippen molar-refractivity contribution in [2.45, 2.75) is 71.6 Å². The summed E-state index contributed by atoms with van der Waals surface area (Å²) in [7, 11) is 0. The third-order valence-corrected chi connectivity index (χ3v) is 4.86. The van der Waals surface area contributed by atoms with Gasteiger partial charge in [0, 0.05) is 29.4 Å². The number of nitrogens with one attached hydrogen (secondary N) is 1. The van der Waals surface area contributed by atoms with E-state index in [4.69, 9.17) is 5.10 Å². The molecule has 2 aromatic heterocycles. The zero-order valence-electron chi connectivity index (χ0n) is 15.3. The van der Waals surface area contributed by atoms with Gasteiger partial charge in [0.05, 0.1) is 11.4 Å². The van der Waals surface area contributed by atoms with Crippen molar-refractivity contribution >= 4 is 5.82 Å². The van der Waals surface area contributed by atoms with Crippen molar-refractivity contribution in [1.82, 2.24) is 14.8 Å². The molecule has 3 rings (SSSR count). The Bertz CT molecular complexity index is 754. The van der Waals surface area contributed by atoms with Crippen molar-refractivity contribution in [3.63, 3.8) is 0 Å². The van der Waals surface area contributed by atoms with Gasteiger partial charge in [-0.05, 0) is 52.5 Å². The Kier molecular flexibility index (Phi) is 5.06. The first-order valence-electron chi connectivity index (χ1n) is 9.05. The molecule has 0 spiro atoms. The van der Waals surface area contributed by atoms with E-state index in [0.717, 1.165) is 35.5 Å². The maximum absolute atomic E-state index is 14.1. The summed E-state index contributed by atoms with van der Waals surface area (Å²) >= 11 is 0. The second-order valence-corrected chi connectivity index (χ2v) is 7.11. The Morgan fingerprint density at radius 1 is 1.36 bits per heavy atom. The summed E-state index contributed by atoms with van der Waals surface area (Å²) in [5.41, 5.74) is 3.03. The lowest BCUT2D eigenvalue weighted by Crippen LogP contribution is -2.17. The highest BCUT2D eigenvalue weighted by Crippen LogP contribution is 2.34. The number of alkyl halides is 1. The number of anilines is 1. The SMILES string of the molecule is CCc1c(N[C@H]2CC[C@@H](F)C2)nn(C(C)C)c1-c1cnc(C)c(F)c1. The predicted molar refractivity (Wildman–Crippen MR) is 96.1 cm³/mol. The molecule has 0 radical (unpaired) electrons. The van der Waals surface area contributed by atoms with E-state index in [9.17, 15) is 8.78 Å². The van der Waals surface area contributed by atoms with Gasteiger partial charge in [-0.25, -0.2) is 8.78 Å². The summed E-state index contributed by atoms with van der Waals surface area (Å²) in [5, 5.41) is 8.15. The minimum Gasteiger partial charge on any atom is -0.366 e. The largest absolute Gasteiger partial charge is 0.366 e. The van der Waals surface area contributed by atoms with Crippen LogP contribution in [-0.2, 0) is 6.42 Å². The van der Waals surface area contributed by atoms with E-state index < -0.39 is 6.17 Å². The van der Waals surface area contributed by atoms with Gasteiger partial charge < -0.3 is 5.32 Å². The van der Waals surface area contributed by atoms with Gasteiger partial charge in [0.1, 0.15) is 12.0 Å². The van der Waals surface area contributed by atoms with Crippen molar-refractivity contribution in [3.05, 3.63) is 29.3 Å². The number of aryl methyl sites for hydroxylation is 1. The summed E-state index contributed by atoms with van der Waals surface area (Å²) in [4.78, 5) is 4.17. The Morgan fingerprint density at radius 2 is 2.12 bits per heavy atom. The summed E-state index contributed by atoms with van der Waals surface area (Å²) < 4.78 is 29.5. The second-order valence-electron chi connectivity index (χ2n) is 7.11. The molecule has 0 unspecified atom stereocenters.